The van der Waals surface area contributed by atoms with E-state index in [0.29, 0.717) is 22.7 Å². The number of methoxy groups -OCH3 is 1. The normalized spacial score (nSPS) is 11.6. The molecule has 8 heteroatoms. The minimum atomic E-state index is -4.11. The molecule has 2 heterocycles. The highest BCUT2D eigenvalue weighted by Crippen LogP contribution is 2.31. The molecule has 0 fully saturated rings. The topological polar surface area (TPSA) is 91.5 Å². The molecule has 0 aliphatic rings. The lowest BCUT2D eigenvalue weighted by Gasteiger charge is -2.13. The number of hydrogen-bond donors (Lipinski definition) is 0. The van der Waals surface area contributed by atoms with Crippen molar-refractivity contribution in [2.75, 3.05) is 7.11 Å². The molecule has 4 rings (SSSR count). The second-order valence-electron chi connectivity index (χ2n) is 6.49. The molecule has 4 aromatic rings. The predicted octanol–water partition coefficient (Wildman–Crippen LogP) is 4.28. The van der Waals surface area contributed by atoms with Gasteiger partial charge in [0.2, 0.25) is 5.89 Å². The molecule has 0 N–H and O–H groups in total. The van der Waals surface area contributed by atoms with Crippen LogP contribution in [0.4, 0.5) is 0 Å². The van der Waals surface area contributed by atoms with Crippen molar-refractivity contribution in [2.45, 2.75) is 18.7 Å². The first-order valence-electron chi connectivity index (χ1n) is 8.79. The van der Waals surface area contributed by atoms with E-state index in [-0.39, 0.29) is 16.4 Å². The van der Waals surface area contributed by atoms with Crippen LogP contribution in [0, 0.1) is 13.8 Å². The highest BCUT2D eigenvalue weighted by atomic mass is 32.2. The van der Waals surface area contributed by atoms with Crippen LogP contribution in [0.3, 0.4) is 0 Å². The van der Waals surface area contributed by atoms with Gasteiger partial charge in [-0.1, -0.05) is 6.07 Å². The predicted molar refractivity (Wildman–Crippen MR) is 108 cm³/mol. The highest BCUT2D eigenvalue weighted by Gasteiger charge is 2.23. The molecule has 0 atom stereocenters. The first-order chi connectivity index (χ1) is 13.9. The van der Waals surface area contributed by atoms with Crippen LogP contribution in [-0.2, 0) is 10.1 Å². The summed E-state index contributed by atoms with van der Waals surface area (Å²) in [7, 11) is -2.69. The van der Waals surface area contributed by atoms with E-state index in [1.807, 2.05) is 19.9 Å². The summed E-state index contributed by atoms with van der Waals surface area (Å²) in [5.41, 5.74) is 3.29. The zero-order valence-corrected chi connectivity index (χ0v) is 16.9. The molecule has 0 bridgehead atoms. The third-order valence-corrected chi connectivity index (χ3v) is 5.77. The third kappa shape index (κ3) is 3.66. The highest BCUT2D eigenvalue weighted by molar-refractivity contribution is 7.87. The molecule has 7 nitrogen and oxygen atoms in total. The molecule has 0 spiro atoms. The van der Waals surface area contributed by atoms with E-state index in [0.717, 1.165) is 11.1 Å². The number of aromatic nitrogens is 2. The average Bonchev–Trinajstić information content (AvgIpc) is 3.13. The molecule has 0 saturated heterocycles. The number of nitrogens with zero attached hydrogens (tertiary/aromatic N) is 2. The second kappa shape index (κ2) is 7.21. The molecule has 0 aliphatic carbocycles. The Bertz CT molecular complexity index is 1300. The second-order valence-corrected chi connectivity index (χ2v) is 8.00. The fourth-order valence-corrected chi connectivity index (χ4v) is 4.00. The van der Waals surface area contributed by atoms with Gasteiger partial charge in [0.15, 0.2) is 5.58 Å². The van der Waals surface area contributed by atoms with Crippen molar-refractivity contribution in [1.29, 1.82) is 0 Å². The van der Waals surface area contributed by atoms with Gasteiger partial charge in [0, 0.05) is 12.3 Å². The van der Waals surface area contributed by atoms with Crippen molar-refractivity contribution in [2.24, 2.45) is 0 Å². The molecule has 0 unspecified atom stereocenters. The molecule has 2 aromatic heterocycles. The number of aryl methyl sites for hydroxylation is 2. The van der Waals surface area contributed by atoms with Crippen LogP contribution in [0.2, 0.25) is 0 Å². The largest absolute Gasteiger partial charge is 0.495 e. The standard InChI is InChI=1S/C21H18N2O5S/c1-13-10-19(26-3)20(11-14(13)2)29(24,25)28-15-7-8-16-18(12-15)27-21(23-16)17-6-4-5-9-22-17/h4-12H,1-3H3. The SMILES string of the molecule is COc1cc(C)c(C)cc1S(=O)(=O)Oc1ccc2nc(-c3ccccn3)oc2c1. The van der Waals surface area contributed by atoms with Crippen molar-refractivity contribution in [3.8, 4) is 23.1 Å². The van der Waals surface area contributed by atoms with Gasteiger partial charge in [0.1, 0.15) is 27.6 Å². The number of ether oxygens (including phenoxy) is 1. The quantitative estimate of drug-likeness (QED) is 0.453. The summed E-state index contributed by atoms with van der Waals surface area (Å²) in [5.74, 6) is 0.684. The maximum Gasteiger partial charge on any atom is 0.342 e. The monoisotopic (exact) mass is 410 g/mol. The van der Waals surface area contributed by atoms with Crippen LogP contribution in [0.25, 0.3) is 22.7 Å². The Morgan fingerprint density at radius 1 is 1.00 bits per heavy atom. The van der Waals surface area contributed by atoms with Crippen molar-refractivity contribution in [3.05, 3.63) is 65.9 Å². The Balaban J connectivity index is 1.70. The number of oxazole rings is 1. The van der Waals surface area contributed by atoms with Crippen LogP contribution in [0.15, 0.2) is 64.0 Å². The van der Waals surface area contributed by atoms with Gasteiger partial charge in [-0.15, -0.1) is 0 Å². The summed E-state index contributed by atoms with van der Waals surface area (Å²) in [4.78, 5) is 8.54. The van der Waals surface area contributed by atoms with E-state index >= 15 is 0 Å². The molecule has 0 amide bonds. The maximum atomic E-state index is 12.8. The van der Waals surface area contributed by atoms with E-state index in [9.17, 15) is 8.42 Å². The summed E-state index contributed by atoms with van der Waals surface area (Å²) >= 11 is 0. The summed E-state index contributed by atoms with van der Waals surface area (Å²) in [6, 6.07) is 13.3. The number of rotatable bonds is 5. The summed E-state index contributed by atoms with van der Waals surface area (Å²) in [5, 5.41) is 0. The molecule has 29 heavy (non-hydrogen) atoms. The zero-order valence-electron chi connectivity index (χ0n) is 16.0. The van der Waals surface area contributed by atoms with Crippen LogP contribution in [0.5, 0.6) is 11.5 Å². The van der Waals surface area contributed by atoms with Crippen molar-refractivity contribution in [1.82, 2.24) is 9.97 Å². The number of fused-ring (bicyclic) bond motifs is 1. The smallest absolute Gasteiger partial charge is 0.342 e. The van der Waals surface area contributed by atoms with Crippen LogP contribution in [-0.4, -0.2) is 25.5 Å². The lowest BCUT2D eigenvalue weighted by molar-refractivity contribution is 0.397. The Hall–Kier alpha value is -3.39. The minimum absolute atomic E-state index is 0.0325. The van der Waals surface area contributed by atoms with Gasteiger partial charge in [0.05, 0.1) is 7.11 Å². The van der Waals surface area contributed by atoms with Gasteiger partial charge >= 0.3 is 10.1 Å². The Morgan fingerprint density at radius 2 is 1.79 bits per heavy atom. The van der Waals surface area contributed by atoms with Crippen LogP contribution >= 0.6 is 0 Å². The number of benzene rings is 2. The molecule has 0 radical (unpaired) electrons. The lowest BCUT2D eigenvalue weighted by atomic mass is 10.1. The van der Waals surface area contributed by atoms with E-state index in [2.05, 4.69) is 9.97 Å². The van der Waals surface area contributed by atoms with E-state index in [1.54, 1.807) is 30.5 Å². The van der Waals surface area contributed by atoms with Crippen molar-refractivity contribution in [3.63, 3.8) is 0 Å². The van der Waals surface area contributed by atoms with Gasteiger partial charge in [-0.3, -0.25) is 4.98 Å². The molecule has 0 aliphatic heterocycles. The summed E-state index contributed by atoms with van der Waals surface area (Å²) in [6.07, 6.45) is 1.64. The van der Waals surface area contributed by atoms with E-state index in [1.165, 1.54) is 25.3 Å². The van der Waals surface area contributed by atoms with Gasteiger partial charge in [-0.05, 0) is 61.4 Å². The Morgan fingerprint density at radius 3 is 2.52 bits per heavy atom. The maximum absolute atomic E-state index is 12.8. The fraction of sp³-hybridized carbons (Fsp3) is 0.143. The fourth-order valence-electron chi connectivity index (χ4n) is 2.85. The van der Waals surface area contributed by atoms with Crippen molar-refractivity contribution >= 4 is 21.2 Å². The van der Waals surface area contributed by atoms with Gasteiger partial charge < -0.3 is 13.3 Å². The molecule has 2 aromatic carbocycles. The van der Waals surface area contributed by atoms with Crippen molar-refractivity contribution < 1.29 is 21.8 Å². The van der Waals surface area contributed by atoms with Gasteiger partial charge in [-0.2, -0.15) is 8.42 Å². The number of pyridine rings is 1. The van der Waals surface area contributed by atoms with Crippen LogP contribution in [0.1, 0.15) is 11.1 Å². The first-order valence-corrected chi connectivity index (χ1v) is 10.2. The van der Waals surface area contributed by atoms with Gasteiger partial charge in [0.25, 0.3) is 0 Å². The Labute approximate surface area is 168 Å². The minimum Gasteiger partial charge on any atom is -0.495 e. The molecular weight excluding hydrogens is 392 g/mol. The zero-order chi connectivity index (χ0) is 20.6. The first kappa shape index (κ1) is 18.9. The van der Waals surface area contributed by atoms with Gasteiger partial charge in [-0.25, -0.2) is 4.98 Å². The summed E-state index contributed by atoms with van der Waals surface area (Å²) in [6.45, 7) is 3.71. The number of hydrogen-bond acceptors (Lipinski definition) is 7. The lowest BCUT2D eigenvalue weighted by Crippen LogP contribution is -2.12. The molecule has 148 valence electrons. The van der Waals surface area contributed by atoms with E-state index < -0.39 is 10.1 Å². The third-order valence-electron chi connectivity index (χ3n) is 4.50. The molecule has 0 saturated carbocycles. The molecular formula is C21H18N2O5S. The van der Waals surface area contributed by atoms with E-state index in [4.69, 9.17) is 13.3 Å². The van der Waals surface area contributed by atoms with Crippen LogP contribution < -0.4 is 8.92 Å². The Kier molecular flexibility index (Phi) is 4.71. The average molecular weight is 410 g/mol. The summed E-state index contributed by atoms with van der Waals surface area (Å²) < 4.78 is 42.0.